The van der Waals surface area contributed by atoms with Gasteiger partial charge in [-0.05, 0) is 26.7 Å². The Hall–Kier alpha value is -0.900. The van der Waals surface area contributed by atoms with Gasteiger partial charge in [0.1, 0.15) is 0 Å². The second-order valence-electron chi connectivity index (χ2n) is 5.68. The summed E-state index contributed by atoms with van der Waals surface area (Å²) in [6.45, 7) is 8.26. The number of hydrogen-bond acceptors (Lipinski definition) is 5. The predicted molar refractivity (Wildman–Crippen MR) is 100 cm³/mol. The first-order valence-electron chi connectivity index (χ1n) is 8.05. The van der Waals surface area contributed by atoms with Crippen molar-refractivity contribution >= 4 is 29.9 Å². The Morgan fingerprint density at radius 3 is 2.91 bits per heavy atom. The summed E-state index contributed by atoms with van der Waals surface area (Å²) in [5.41, 5.74) is 0. The summed E-state index contributed by atoms with van der Waals surface area (Å²) in [7, 11) is 2.08. The number of guanidine groups is 1. The highest BCUT2D eigenvalue weighted by Gasteiger charge is 2.18. The maximum atomic E-state index is 5.44. The summed E-state index contributed by atoms with van der Waals surface area (Å²) in [5, 5.41) is 7.13. The van der Waals surface area contributed by atoms with E-state index in [9.17, 15) is 0 Å². The molecule has 1 unspecified atom stereocenters. The third-order valence-electron chi connectivity index (χ3n) is 3.63. The first-order valence-corrected chi connectivity index (χ1v) is 8.05. The molecule has 1 atom stereocenters. The molecule has 23 heavy (non-hydrogen) atoms. The lowest BCUT2D eigenvalue weighted by atomic mass is 10.1. The molecule has 1 aromatic rings. The summed E-state index contributed by atoms with van der Waals surface area (Å²) >= 11 is 0. The molecule has 0 saturated carbocycles. The zero-order valence-corrected chi connectivity index (χ0v) is 16.6. The topological polar surface area (TPSA) is 75.8 Å². The van der Waals surface area contributed by atoms with E-state index in [1.165, 1.54) is 0 Å². The largest absolute Gasteiger partial charge is 0.381 e. The molecule has 0 spiro atoms. The van der Waals surface area contributed by atoms with Crippen LogP contribution < -0.4 is 5.32 Å². The van der Waals surface area contributed by atoms with E-state index in [0.29, 0.717) is 17.6 Å². The van der Waals surface area contributed by atoms with Gasteiger partial charge in [-0.2, -0.15) is 4.98 Å². The lowest BCUT2D eigenvalue weighted by molar-refractivity contribution is 0.181. The number of aryl methyl sites for hydroxylation is 2. The minimum absolute atomic E-state index is 0. The molecule has 1 N–H and O–H groups in total. The molecule has 8 heteroatoms. The highest BCUT2D eigenvalue weighted by atomic mass is 127. The molecule has 1 saturated heterocycles. The van der Waals surface area contributed by atoms with E-state index in [1.54, 1.807) is 0 Å². The number of nitrogens with zero attached hydrogens (tertiary/aromatic N) is 4. The molecule has 1 aliphatic heterocycles. The number of hydrogen-bond donors (Lipinski definition) is 1. The van der Waals surface area contributed by atoms with Crippen molar-refractivity contribution < 1.29 is 9.26 Å². The maximum Gasteiger partial charge on any atom is 0.226 e. The smallest absolute Gasteiger partial charge is 0.226 e. The Morgan fingerprint density at radius 1 is 1.48 bits per heavy atom. The molecule has 0 aromatic carbocycles. The summed E-state index contributed by atoms with van der Waals surface area (Å²) in [6, 6.07) is 0. The third kappa shape index (κ3) is 7.03. The van der Waals surface area contributed by atoms with Gasteiger partial charge in [-0.3, -0.25) is 4.99 Å². The zero-order valence-electron chi connectivity index (χ0n) is 14.2. The molecule has 0 aliphatic carbocycles. The van der Waals surface area contributed by atoms with Gasteiger partial charge >= 0.3 is 0 Å². The minimum atomic E-state index is 0. The lowest BCUT2D eigenvalue weighted by Gasteiger charge is -2.24. The molecule has 1 fully saturated rings. The number of halogens is 1. The average Bonchev–Trinajstić information content (AvgIpc) is 3.14. The average molecular weight is 437 g/mol. The first kappa shape index (κ1) is 20.1. The molecule has 2 heterocycles. The van der Waals surface area contributed by atoms with Gasteiger partial charge in [0, 0.05) is 45.6 Å². The van der Waals surface area contributed by atoms with Crippen molar-refractivity contribution in [3.63, 3.8) is 0 Å². The van der Waals surface area contributed by atoms with Crippen LogP contribution >= 0.6 is 24.0 Å². The van der Waals surface area contributed by atoms with Crippen LogP contribution in [0.3, 0.4) is 0 Å². The van der Waals surface area contributed by atoms with E-state index >= 15 is 0 Å². The van der Waals surface area contributed by atoms with Crippen molar-refractivity contribution in [2.75, 3.05) is 39.9 Å². The molecule has 1 aromatic heterocycles. The lowest BCUT2D eigenvalue weighted by Crippen LogP contribution is -2.41. The van der Waals surface area contributed by atoms with Crippen LogP contribution in [0.2, 0.25) is 0 Å². The third-order valence-corrected chi connectivity index (χ3v) is 3.63. The van der Waals surface area contributed by atoms with E-state index in [-0.39, 0.29) is 24.0 Å². The van der Waals surface area contributed by atoms with E-state index < -0.39 is 0 Å². The van der Waals surface area contributed by atoms with Crippen molar-refractivity contribution in [2.24, 2.45) is 10.9 Å². The van der Waals surface area contributed by atoms with Gasteiger partial charge < -0.3 is 19.5 Å². The van der Waals surface area contributed by atoms with Crippen LogP contribution in [-0.2, 0) is 11.2 Å². The maximum absolute atomic E-state index is 5.44. The number of aliphatic imine (C=N–C) groups is 1. The molecule has 0 amide bonds. The van der Waals surface area contributed by atoms with Crippen molar-refractivity contribution in [1.29, 1.82) is 0 Å². The van der Waals surface area contributed by atoms with Crippen LogP contribution in [0.25, 0.3) is 0 Å². The van der Waals surface area contributed by atoms with Crippen LogP contribution in [0.1, 0.15) is 31.5 Å². The SMILES string of the molecule is CCNC(=NCCCc1nc(C)no1)N(C)CC1CCOC1.I. The van der Waals surface area contributed by atoms with Gasteiger partial charge in [-0.1, -0.05) is 5.16 Å². The molecule has 1 aliphatic rings. The minimum Gasteiger partial charge on any atom is -0.381 e. The van der Waals surface area contributed by atoms with Crippen LogP contribution in [0.4, 0.5) is 0 Å². The quantitative estimate of drug-likeness (QED) is 0.304. The molecular formula is C15H28IN5O2. The monoisotopic (exact) mass is 437 g/mol. The number of rotatable bonds is 7. The van der Waals surface area contributed by atoms with Gasteiger partial charge in [0.15, 0.2) is 11.8 Å². The fourth-order valence-electron chi connectivity index (χ4n) is 2.53. The Labute approximate surface area is 155 Å². The van der Waals surface area contributed by atoms with Gasteiger partial charge in [-0.15, -0.1) is 24.0 Å². The van der Waals surface area contributed by atoms with Gasteiger partial charge in [0.2, 0.25) is 5.89 Å². The van der Waals surface area contributed by atoms with Crippen molar-refractivity contribution in [2.45, 2.75) is 33.1 Å². The fourth-order valence-corrected chi connectivity index (χ4v) is 2.53. The van der Waals surface area contributed by atoms with Crippen LogP contribution in [0, 0.1) is 12.8 Å². The van der Waals surface area contributed by atoms with Crippen molar-refractivity contribution in [3.05, 3.63) is 11.7 Å². The Bertz CT molecular complexity index is 474. The molecule has 2 rings (SSSR count). The number of nitrogens with one attached hydrogen (secondary N) is 1. The van der Waals surface area contributed by atoms with Crippen LogP contribution in [0.5, 0.6) is 0 Å². The van der Waals surface area contributed by atoms with E-state index in [4.69, 9.17) is 9.26 Å². The van der Waals surface area contributed by atoms with Gasteiger partial charge in [0.05, 0.1) is 6.61 Å². The Morgan fingerprint density at radius 2 is 2.30 bits per heavy atom. The number of ether oxygens (including phenoxy) is 1. The predicted octanol–water partition coefficient (Wildman–Crippen LogP) is 1.86. The first-order chi connectivity index (χ1) is 10.7. The van der Waals surface area contributed by atoms with E-state index in [1.807, 2.05) is 6.92 Å². The van der Waals surface area contributed by atoms with Gasteiger partial charge in [-0.25, -0.2) is 0 Å². The molecule has 132 valence electrons. The second kappa shape index (κ2) is 10.8. The molecule has 0 radical (unpaired) electrons. The summed E-state index contributed by atoms with van der Waals surface area (Å²) < 4.78 is 10.5. The van der Waals surface area contributed by atoms with Crippen LogP contribution in [-0.4, -0.2) is 60.9 Å². The van der Waals surface area contributed by atoms with Crippen molar-refractivity contribution in [3.8, 4) is 0 Å². The normalized spacial score (nSPS) is 17.9. The Balaban J connectivity index is 0.00000264. The summed E-state index contributed by atoms with van der Waals surface area (Å²) in [6.07, 6.45) is 2.81. The summed E-state index contributed by atoms with van der Waals surface area (Å²) in [5.74, 6) is 2.94. The van der Waals surface area contributed by atoms with Crippen LogP contribution in [0.15, 0.2) is 9.52 Å². The standard InChI is InChI=1S/C15H27N5O2.HI/c1-4-16-15(20(3)10-13-7-9-21-11-13)17-8-5-6-14-18-12(2)19-22-14;/h13H,4-11H2,1-3H3,(H,16,17);1H. The highest BCUT2D eigenvalue weighted by Crippen LogP contribution is 2.13. The molecule has 0 bridgehead atoms. The second-order valence-corrected chi connectivity index (χ2v) is 5.68. The molecular weight excluding hydrogens is 409 g/mol. The molecule has 7 nitrogen and oxygen atoms in total. The summed E-state index contributed by atoms with van der Waals surface area (Å²) in [4.78, 5) is 11.1. The van der Waals surface area contributed by atoms with E-state index in [2.05, 4.69) is 39.3 Å². The zero-order chi connectivity index (χ0) is 15.8. The fraction of sp³-hybridized carbons (Fsp3) is 0.800. The van der Waals surface area contributed by atoms with Crippen molar-refractivity contribution in [1.82, 2.24) is 20.4 Å². The Kier molecular flexibility index (Phi) is 9.46. The number of aromatic nitrogens is 2. The van der Waals surface area contributed by atoms with Gasteiger partial charge in [0.25, 0.3) is 0 Å². The highest BCUT2D eigenvalue weighted by molar-refractivity contribution is 14.0. The van der Waals surface area contributed by atoms with E-state index in [0.717, 1.165) is 58.1 Å².